The van der Waals surface area contributed by atoms with Gasteiger partial charge in [0, 0.05) is 12.4 Å². The van der Waals surface area contributed by atoms with E-state index in [4.69, 9.17) is 5.11 Å². The fraction of sp³-hybridized carbons (Fsp3) is 0.222. The van der Waals surface area contributed by atoms with Crippen LogP contribution in [0.25, 0.3) is 16.6 Å². The highest BCUT2D eigenvalue weighted by atomic mass is 32.2. The van der Waals surface area contributed by atoms with Crippen molar-refractivity contribution in [3.63, 3.8) is 0 Å². The first-order chi connectivity index (χ1) is 11.6. The van der Waals surface area contributed by atoms with Gasteiger partial charge in [-0.15, -0.1) is 0 Å². The molecule has 0 saturated heterocycles. The molecule has 0 spiro atoms. The number of nitrogens with zero attached hydrogens (tertiary/aromatic N) is 2. The van der Waals surface area contributed by atoms with Crippen LogP contribution in [0.15, 0.2) is 52.4 Å². The zero-order valence-electron chi connectivity index (χ0n) is 13.2. The molecule has 3 rings (SSSR count). The number of rotatable bonds is 5. The van der Waals surface area contributed by atoms with E-state index < -0.39 is 0 Å². The topological polar surface area (TPSA) is 55.1 Å². The molecular formula is C18H17FN2O2S. The Balaban J connectivity index is 2.22. The van der Waals surface area contributed by atoms with E-state index in [0.29, 0.717) is 39.5 Å². The molecule has 3 aromatic rings. The van der Waals surface area contributed by atoms with Crippen molar-refractivity contribution < 1.29 is 9.50 Å². The summed E-state index contributed by atoms with van der Waals surface area (Å²) in [6, 6.07) is 11.8. The second-order valence-corrected chi connectivity index (χ2v) is 6.47. The minimum Gasteiger partial charge on any atom is -0.396 e. The van der Waals surface area contributed by atoms with Crippen molar-refractivity contribution in [2.45, 2.75) is 18.5 Å². The Morgan fingerprint density at radius 3 is 2.79 bits per heavy atom. The number of hydrogen-bond donors (Lipinski definition) is 1. The van der Waals surface area contributed by atoms with Crippen LogP contribution in [0.2, 0.25) is 0 Å². The van der Waals surface area contributed by atoms with Crippen molar-refractivity contribution in [2.24, 2.45) is 0 Å². The second-order valence-electron chi connectivity index (χ2n) is 5.41. The first kappa shape index (κ1) is 16.7. The molecule has 6 heteroatoms. The van der Waals surface area contributed by atoms with Gasteiger partial charge in [0.05, 0.1) is 16.6 Å². The van der Waals surface area contributed by atoms with Crippen molar-refractivity contribution in [3.05, 3.63) is 64.2 Å². The number of para-hydroxylation sites is 1. The summed E-state index contributed by atoms with van der Waals surface area (Å²) < 4.78 is 15.4. The van der Waals surface area contributed by atoms with Crippen LogP contribution in [-0.2, 0) is 0 Å². The molecule has 0 bridgehead atoms. The predicted molar refractivity (Wildman–Crippen MR) is 94.5 cm³/mol. The van der Waals surface area contributed by atoms with Gasteiger partial charge in [0.1, 0.15) is 5.82 Å². The average Bonchev–Trinajstić information content (AvgIpc) is 2.58. The van der Waals surface area contributed by atoms with Gasteiger partial charge in [0.2, 0.25) is 0 Å². The molecule has 0 aliphatic rings. The number of halogens is 1. The Morgan fingerprint density at radius 1 is 1.25 bits per heavy atom. The van der Waals surface area contributed by atoms with Gasteiger partial charge in [-0.2, -0.15) is 0 Å². The van der Waals surface area contributed by atoms with Crippen LogP contribution in [0.4, 0.5) is 4.39 Å². The summed E-state index contributed by atoms with van der Waals surface area (Å²) >= 11 is 1.37. The maximum Gasteiger partial charge on any atom is 0.266 e. The van der Waals surface area contributed by atoms with Gasteiger partial charge in [-0.1, -0.05) is 30.0 Å². The zero-order chi connectivity index (χ0) is 17.1. The van der Waals surface area contributed by atoms with E-state index in [0.717, 1.165) is 0 Å². The zero-order valence-corrected chi connectivity index (χ0v) is 14.0. The molecular weight excluding hydrogens is 327 g/mol. The van der Waals surface area contributed by atoms with Crippen LogP contribution in [0.5, 0.6) is 0 Å². The molecule has 1 aromatic heterocycles. The van der Waals surface area contributed by atoms with Crippen LogP contribution in [0.1, 0.15) is 12.0 Å². The van der Waals surface area contributed by atoms with E-state index in [1.54, 1.807) is 37.3 Å². The lowest BCUT2D eigenvalue weighted by molar-refractivity contribution is 0.296. The number of fused-ring (bicyclic) bond motifs is 1. The number of benzene rings is 2. The van der Waals surface area contributed by atoms with E-state index in [2.05, 4.69) is 4.98 Å². The molecule has 0 aliphatic carbocycles. The Hall–Kier alpha value is -2.18. The molecule has 4 nitrogen and oxygen atoms in total. The summed E-state index contributed by atoms with van der Waals surface area (Å²) in [5.74, 6) is 0.258. The highest BCUT2D eigenvalue weighted by Crippen LogP contribution is 2.22. The van der Waals surface area contributed by atoms with Crippen LogP contribution in [0, 0.1) is 12.7 Å². The second kappa shape index (κ2) is 7.15. The predicted octanol–water partition coefficient (Wildman–Crippen LogP) is 3.31. The van der Waals surface area contributed by atoms with Crippen molar-refractivity contribution in [1.82, 2.24) is 9.55 Å². The van der Waals surface area contributed by atoms with Gasteiger partial charge >= 0.3 is 0 Å². The Morgan fingerprint density at radius 2 is 2.04 bits per heavy atom. The molecule has 0 radical (unpaired) electrons. The van der Waals surface area contributed by atoms with Gasteiger partial charge < -0.3 is 5.11 Å². The van der Waals surface area contributed by atoms with E-state index in [9.17, 15) is 9.18 Å². The normalized spacial score (nSPS) is 11.1. The Bertz CT molecular complexity index is 940. The third kappa shape index (κ3) is 3.20. The van der Waals surface area contributed by atoms with Crippen molar-refractivity contribution in [1.29, 1.82) is 0 Å². The Labute approximate surface area is 143 Å². The number of hydrogen-bond acceptors (Lipinski definition) is 4. The van der Waals surface area contributed by atoms with Gasteiger partial charge in [0.25, 0.3) is 5.56 Å². The maximum absolute atomic E-state index is 14.0. The third-order valence-corrected chi connectivity index (χ3v) is 4.72. The number of aliphatic hydroxyl groups is 1. The van der Waals surface area contributed by atoms with Crippen LogP contribution in [0.3, 0.4) is 0 Å². The van der Waals surface area contributed by atoms with E-state index in [-0.39, 0.29) is 18.0 Å². The summed E-state index contributed by atoms with van der Waals surface area (Å²) in [6.45, 7) is 1.75. The monoisotopic (exact) mass is 344 g/mol. The smallest absolute Gasteiger partial charge is 0.266 e. The first-order valence-corrected chi connectivity index (χ1v) is 8.62. The Kier molecular flexibility index (Phi) is 4.97. The molecule has 0 atom stereocenters. The standard InChI is InChI=1S/C18H17FN2O2S/c1-12-7-8-13(11-15(12)19)21-17(23)14-5-2-3-6-16(14)20-18(21)24-10-4-9-22/h2-3,5-8,11,22H,4,9-10H2,1H3. The highest BCUT2D eigenvalue weighted by molar-refractivity contribution is 7.99. The van der Waals surface area contributed by atoms with Crippen LogP contribution < -0.4 is 5.56 Å². The van der Waals surface area contributed by atoms with E-state index in [1.807, 2.05) is 6.07 Å². The SMILES string of the molecule is Cc1ccc(-n2c(SCCCO)nc3ccccc3c2=O)cc1F. The molecule has 0 unspecified atom stereocenters. The average molecular weight is 344 g/mol. The van der Waals surface area contributed by atoms with Crippen molar-refractivity contribution in [3.8, 4) is 5.69 Å². The van der Waals surface area contributed by atoms with E-state index >= 15 is 0 Å². The molecule has 0 fully saturated rings. The molecule has 1 heterocycles. The summed E-state index contributed by atoms with van der Waals surface area (Å²) in [7, 11) is 0. The summed E-state index contributed by atoms with van der Waals surface area (Å²) in [5, 5.41) is 9.96. The van der Waals surface area contributed by atoms with Crippen molar-refractivity contribution >= 4 is 22.7 Å². The lowest BCUT2D eigenvalue weighted by Gasteiger charge is -2.13. The third-order valence-electron chi connectivity index (χ3n) is 3.69. The summed E-state index contributed by atoms with van der Waals surface area (Å²) in [6.07, 6.45) is 0.593. The largest absolute Gasteiger partial charge is 0.396 e. The minimum absolute atomic E-state index is 0.0734. The van der Waals surface area contributed by atoms with Gasteiger partial charge in [-0.25, -0.2) is 9.37 Å². The lowest BCUT2D eigenvalue weighted by Crippen LogP contribution is -2.22. The maximum atomic E-state index is 14.0. The number of aromatic nitrogens is 2. The molecule has 1 N–H and O–H groups in total. The summed E-state index contributed by atoms with van der Waals surface area (Å²) in [4.78, 5) is 17.5. The molecule has 2 aromatic carbocycles. The number of aliphatic hydroxyl groups excluding tert-OH is 1. The summed E-state index contributed by atoms with van der Waals surface area (Å²) in [5.41, 5.74) is 1.36. The van der Waals surface area contributed by atoms with Gasteiger partial charge in [-0.3, -0.25) is 9.36 Å². The molecule has 0 saturated carbocycles. The number of aryl methyl sites for hydroxylation is 1. The van der Waals surface area contributed by atoms with Crippen LogP contribution >= 0.6 is 11.8 Å². The van der Waals surface area contributed by atoms with Crippen LogP contribution in [-0.4, -0.2) is 27.0 Å². The van der Waals surface area contributed by atoms with Crippen molar-refractivity contribution in [2.75, 3.05) is 12.4 Å². The van der Waals surface area contributed by atoms with E-state index in [1.165, 1.54) is 22.4 Å². The quantitative estimate of drug-likeness (QED) is 0.438. The fourth-order valence-corrected chi connectivity index (χ4v) is 3.32. The molecule has 0 aliphatic heterocycles. The van der Waals surface area contributed by atoms with Gasteiger partial charge in [0.15, 0.2) is 5.16 Å². The fourth-order valence-electron chi connectivity index (χ4n) is 2.39. The molecule has 0 amide bonds. The number of thioether (sulfide) groups is 1. The molecule has 124 valence electrons. The minimum atomic E-state index is -0.362. The highest BCUT2D eigenvalue weighted by Gasteiger charge is 2.14. The first-order valence-electron chi connectivity index (χ1n) is 7.64. The van der Waals surface area contributed by atoms with Gasteiger partial charge in [-0.05, 0) is 43.2 Å². The molecule has 24 heavy (non-hydrogen) atoms. The lowest BCUT2D eigenvalue weighted by atomic mass is 10.2.